The SMILES string of the molecule is CCCOCCNCCNCCN. The molecule has 0 atom stereocenters. The van der Waals surface area contributed by atoms with Crippen LogP contribution in [0.1, 0.15) is 13.3 Å². The summed E-state index contributed by atoms with van der Waals surface area (Å²) in [6.07, 6.45) is 1.10. The molecule has 4 nitrogen and oxygen atoms in total. The molecule has 4 heteroatoms. The summed E-state index contributed by atoms with van der Waals surface area (Å²) in [5, 5.41) is 6.48. The Kier molecular flexibility index (Phi) is 11.7. The molecule has 0 bridgehead atoms. The molecule has 13 heavy (non-hydrogen) atoms. The highest BCUT2D eigenvalue weighted by Crippen LogP contribution is 1.77. The number of nitrogens with two attached hydrogens (primary N) is 1. The van der Waals surface area contributed by atoms with Crippen molar-refractivity contribution in [2.75, 3.05) is 45.9 Å². The van der Waals surface area contributed by atoms with Crippen molar-refractivity contribution in [3.8, 4) is 0 Å². The highest BCUT2D eigenvalue weighted by atomic mass is 16.5. The van der Waals surface area contributed by atoms with Gasteiger partial charge in [0, 0.05) is 39.3 Å². The summed E-state index contributed by atoms with van der Waals surface area (Å²) in [5.74, 6) is 0. The van der Waals surface area contributed by atoms with Crippen LogP contribution in [0.15, 0.2) is 0 Å². The van der Waals surface area contributed by atoms with Gasteiger partial charge in [-0.1, -0.05) is 6.92 Å². The van der Waals surface area contributed by atoms with Gasteiger partial charge in [0.25, 0.3) is 0 Å². The zero-order valence-corrected chi connectivity index (χ0v) is 8.64. The fourth-order valence-electron chi connectivity index (χ4n) is 0.920. The standard InChI is InChI=1S/C9H23N3O/c1-2-8-13-9-7-12-6-5-11-4-3-10/h11-12H,2-10H2,1H3. The van der Waals surface area contributed by atoms with Gasteiger partial charge in [-0.05, 0) is 6.42 Å². The van der Waals surface area contributed by atoms with E-state index in [1.54, 1.807) is 0 Å². The molecule has 0 aromatic carbocycles. The zero-order valence-electron chi connectivity index (χ0n) is 8.64. The van der Waals surface area contributed by atoms with Crippen molar-refractivity contribution >= 4 is 0 Å². The van der Waals surface area contributed by atoms with Crippen molar-refractivity contribution in [2.24, 2.45) is 5.73 Å². The Bertz CT molecular complexity index is 80.9. The molecule has 0 aliphatic heterocycles. The number of ether oxygens (including phenoxy) is 1. The first kappa shape index (κ1) is 12.8. The van der Waals surface area contributed by atoms with Gasteiger partial charge >= 0.3 is 0 Å². The first-order valence-electron chi connectivity index (χ1n) is 5.11. The molecule has 0 aromatic rings. The van der Waals surface area contributed by atoms with Crippen molar-refractivity contribution in [2.45, 2.75) is 13.3 Å². The predicted molar refractivity (Wildman–Crippen MR) is 55.9 cm³/mol. The van der Waals surface area contributed by atoms with Crippen LogP contribution in [0.3, 0.4) is 0 Å². The molecule has 0 aliphatic rings. The summed E-state index contributed by atoms with van der Waals surface area (Å²) < 4.78 is 5.31. The molecule has 0 aliphatic carbocycles. The lowest BCUT2D eigenvalue weighted by Gasteiger charge is -2.05. The Hall–Kier alpha value is -0.160. The molecular weight excluding hydrogens is 166 g/mol. The number of hydrogen-bond acceptors (Lipinski definition) is 4. The van der Waals surface area contributed by atoms with E-state index in [1.165, 1.54) is 0 Å². The molecule has 0 fully saturated rings. The van der Waals surface area contributed by atoms with Gasteiger partial charge in [-0.3, -0.25) is 0 Å². The molecule has 0 saturated carbocycles. The second-order valence-corrected chi connectivity index (χ2v) is 2.90. The van der Waals surface area contributed by atoms with Crippen molar-refractivity contribution in [1.82, 2.24) is 10.6 Å². The topological polar surface area (TPSA) is 59.3 Å². The maximum absolute atomic E-state index is 5.32. The van der Waals surface area contributed by atoms with Crippen LogP contribution in [-0.4, -0.2) is 45.9 Å². The van der Waals surface area contributed by atoms with Crippen molar-refractivity contribution in [3.05, 3.63) is 0 Å². The minimum Gasteiger partial charge on any atom is -0.380 e. The normalized spacial score (nSPS) is 10.6. The maximum Gasteiger partial charge on any atom is 0.0590 e. The number of hydrogen-bond donors (Lipinski definition) is 3. The van der Waals surface area contributed by atoms with E-state index in [9.17, 15) is 0 Å². The van der Waals surface area contributed by atoms with Crippen LogP contribution < -0.4 is 16.4 Å². The minimum absolute atomic E-state index is 0.708. The van der Waals surface area contributed by atoms with E-state index < -0.39 is 0 Å². The molecule has 0 radical (unpaired) electrons. The average Bonchev–Trinajstić information content (AvgIpc) is 2.16. The van der Waals surface area contributed by atoms with E-state index >= 15 is 0 Å². The predicted octanol–water partition coefficient (Wildman–Crippen LogP) is -0.449. The maximum atomic E-state index is 5.32. The second kappa shape index (κ2) is 11.8. The summed E-state index contributed by atoms with van der Waals surface area (Å²) in [6.45, 7) is 8.29. The van der Waals surface area contributed by atoms with E-state index in [0.29, 0.717) is 6.54 Å². The molecule has 0 heterocycles. The molecule has 0 aromatic heterocycles. The van der Waals surface area contributed by atoms with Crippen LogP contribution in [0.25, 0.3) is 0 Å². The van der Waals surface area contributed by atoms with E-state index in [1.807, 2.05) is 0 Å². The fourth-order valence-corrected chi connectivity index (χ4v) is 0.920. The van der Waals surface area contributed by atoms with Gasteiger partial charge < -0.3 is 21.1 Å². The lowest BCUT2D eigenvalue weighted by Crippen LogP contribution is -2.32. The van der Waals surface area contributed by atoms with Gasteiger partial charge in [0.05, 0.1) is 6.61 Å². The van der Waals surface area contributed by atoms with Gasteiger partial charge in [0.15, 0.2) is 0 Å². The molecule has 4 N–H and O–H groups in total. The lowest BCUT2D eigenvalue weighted by molar-refractivity contribution is 0.136. The van der Waals surface area contributed by atoms with Crippen LogP contribution in [-0.2, 0) is 4.74 Å². The van der Waals surface area contributed by atoms with E-state index in [-0.39, 0.29) is 0 Å². The van der Waals surface area contributed by atoms with Crippen molar-refractivity contribution in [1.29, 1.82) is 0 Å². The zero-order chi connectivity index (χ0) is 9.78. The summed E-state index contributed by atoms with van der Waals surface area (Å²) >= 11 is 0. The summed E-state index contributed by atoms with van der Waals surface area (Å²) in [4.78, 5) is 0. The Morgan fingerprint density at radius 3 is 2.31 bits per heavy atom. The van der Waals surface area contributed by atoms with E-state index in [0.717, 1.165) is 45.8 Å². The van der Waals surface area contributed by atoms with E-state index in [2.05, 4.69) is 17.6 Å². The highest BCUT2D eigenvalue weighted by molar-refractivity contribution is 4.51. The van der Waals surface area contributed by atoms with Gasteiger partial charge in [-0.2, -0.15) is 0 Å². The minimum atomic E-state index is 0.708. The number of rotatable bonds is 10. The van der Waals surface area contributed by atoms with Crippen LogP contribution >= 0.6 is 0 Å². The Labute approximate surface area is 81.2 Å². The Morgan fingerprint density at radius 2 is 1.69 bits per heavy atom. The third-order valence-corrected chi connectivity index (χ3v) is 1.57. The molecular formula is C9H23N3O. The molecule has 0 rings (SSSR count). The second-order valence-electron chi connectivity index (χ2n) is 2.90. The van der Waals surface area contributed by atoms with Crippen LogP contribution in [0, 0.1) is 0 Å². The van der Waals surface area contributed by atoms with Crippen LogP contribution in [0.5, 0.6) is 0 Å². The first-order chi connectivity index (χ1) is 6.41. The van der Waals surface area contributed by atoms with Gasteiger partial charge in [0.1, 0.15) is 0 Å². The lowest BCUT2D eigenvalue weighted by atomic mass is 10.5. The van der Waals surface area contributed by atoms with Crippen LogP contribution in [0.2, 0.25) is 0 Å². The monoisotopic (exact) mass is 189 g/mol. The van der Waals surface area contributed by atoms with Gasteiger partial charge in [-0.25, -0.2) is 0 Å². The fraction of sp³-hybridized carbons (Fsp3) is 1.00. The largest absolute Gasteiger partial charge is 0.380 e. The van der Waals surface area contributed by atoms with Crippen molar-refractivity contribution < 1.29 is 4.74 Å². The molecule has 0 saturated heterocycles. The third-order valence-electron chi connectivity index (χ3n) is 1.57. The van der Waals surface area contributed by atoms with Crippen molar-refractivity contribution in [3.63, 3.8) is 0 Å². The summed E-state index contributed by atoms with van der Waals surface area (Å²) in [6, 6.07) is 0. The Balaban J connectivity index is 2.76. The van der Waals surface area contributed by atoms with Gasteiger partial charge in [0.2, 0.25) is 0 Å². The first-order valence-corrected chi connectivity index (χ1v) is 5.11. The molecule has 0 amide bonds. The summed E-state index contributed by atoms with van der Waals surface area (Å²) in [7, 11) is 0. The smallest absolute Gasteiger partial charge is 0.0590 e. The van der Waals surface area contributed by atoms with Gasteiger partial charge in [-0.15, -0.1) is 0 Å². The van der Waals surface area contributed by atoms with E-state index in [4.69, 9.17) is 10.5 Å². The summed E-state index contributed by atoms with van der Waals surface area (Å²) in [5.41, 5.74) is 5.32. The highest BCUT2D eigenvalue weighted by Gasteiger charge is 1.87. The average molecular weight is 189 g/mol. The molecule has 0 spiro atoms. The Morgan fingerprint density at radius 1 is 1.00 bits per heavy atom. The molecule has 0 unspecified atom stereocenters. The number of nitrogens with one attached hydrogen (secondary N) is 2. The quantitative estimate of drug-likeness (QED) is 0.407. The molecule has 80 valence electrons. The third kappa shape index (κ3) is 11.8. The van der Waals surface area contributed by atoms with Crippen LogP contribution in [0.4, 0.5) is 0 Å².